The average Bonchev–Trinajstić information content (AvgIpc) is 3.64. The highest BCUT2D eigenvalue weighted by Gasteiger charge is 2.30. The zero-order valence-electron chi connectivity index (χ0n) is 19.8. The minimum atomic E-state index is -0.436. The fourth-order valence-electron chi connectivity index (χ4n) is 5.04. The number of nitrogens with one attached hydrogen (secondary N) is 1. The quantitative estimate of drug-likeness (QED) is 0.559. The fraction of sp³-hybridized carbons (Fsp3) is 0.481. The number of aliphatic hydroxyl groups is 1. The first-order valence-electron chi connectivity index (χ1n) is 12.5. The summed E-state index contributed by atoms with van der Waals surface area (Å²) in [7, 11) is 0. The van der Waals surface area contributed by atoms with E-state index in [0.29, 0.717) is 18.0 Å². The molecule has 1 atom stereocenters. The lowest BCUT2D eigenvalue weighted by Gasteiger charge is -2.32. The molecule has 3 aromatic rings. The lowest BCUT2D eigenvalue weighted by molar-refractivity contribution is 0.123. The van der Waals surface area contributed by atoms with Crippen LogP contribution < -0.4 is 11.0 Å². The normalized spacial score (nSPS) is 18.3. The van der Waals surface area contributed by atoms with Crippen molar-refractivity contribution in [3.63, 3.8) is 0 Å². The molecular formula is C27H34N4O3. The fourth-order valence-corrected chi connectivity index (χ4v) is 5.04. The van der Waals surface area contributed by atoms with Gasteiger partial charge in [-0.2, -0.15) is 0 Å². The number of nitrogens with zero attached hydrogens (tertiary/aromatic N) is 3. The summed E-state index contributed by atoms with van der Waals surface area (Å²) >= 11 is 0. The Bertz CT molecular complexity index is 1200. The highest BCUT2D eigenvalue weighted by atomic mass is 16.3. The Hall–Kier alpha value is -2.90. The second-order valence-electron chi connectivity index (χ2n) is 9.89. The third-order valence-corrected chi connectivity index (χ3v) is 7.32. The molecule has 1 aromatic heterocycles. The van der Waals surface area contributed by atoms with Crippen molar-refractivity contribution in [2.75, 3.05) is 26.2 Å². The third-order valence-electron chi connectivity index (χ3n) is 7.32. The summed E-state index contributed by atoms with van der Waals surface area (Å²) < 4.78 is 3.08. The number of carbonyl (C=O) groups is 1. The van der Waals surface area contributed by atoms with E-state index in [4.69, 9.17) is 0 Å². The molecule has 2 heterocycles. The second kappa shape index (κ2) is 9.76. The summed E-state index contributed by atoms with van der Waals surface area (Å²) in [6, 6.07) is 15.5. The monoisotopic (exact) mass is 462 g/mol. The van der Waals surface area contributed by atoms with Crippen molar-refractivity contribution in [3.8, 4) is 0 Å². The van der Waals surface area contributed by atoms with Crippen molar-refractivity contribution < 1.29 is 9.90 Å². The first-order valence-corrected chi connectivity index (χ1v) is 12.5. The smallest absolute Gasteiger partial charge is 0.337 e. The zero-order valence-corrected chi connectivity index (χ0v) is 19.8. The molecule has 1 aliphatic heterocycles. The van der Waals surface area contributed by atoms with Crippen molar-refractivity contribution in [1.29, 1.82) is 0 Å². The molecule has 2 aromatic carbocycles. The van der Waals surface area contributed by atoms with Gasteiger partial charge in [-0.25, -0.2) is 14.2 Å². The molecule has 2 fully saturated rings. The molecule has 0 radical (unpaired) electrons. The van der Waals surface area contributed by atoms with Gasteiger partial charge in [-0.1, -0.05) is 42.0 Å². The number of likely N-dealkylation sites (tertiary alicyclic amines) is 1. The van der Waals surface area contributed by atoms with E-state index in [1.165, 1.54) is 10.1 Å². The first kappa shape index (κ1) is 22.9. The number of aryl methyl sites for hydroxylation is 1. The lowest BCUT2D eigenvalue weighted by Crippen LogP contribution is -2.42. The number of hydrogen-bond donors (Lipinski definition) is 2. The van der Waals surface area contributed by atoms with E-state index in [-0.39, 0.29) is 17.8 Å². The summed E-state index contributed by atoms with van der Waals surface area (Å²) in [4.78, 5) is 28.4. The van der Waals surface area contributed by atoms with E-state index >= 15 is 0 Å². The number of carbonyl (C=O) groups excluding carboxylic acids is 1. The van der Waals surface area contributed by atoms with Gasteiger partial charge in [0.2, 0.25) is 0 Å². The standard InChI is InChI=1S/C27H34N4O3/c1-19-6-8-21(9-7-19)25(32)14-17-29-15-12-20(13-16-29)18-28-26(33)31-24-5-3-2-4-23(24)30(27(31)34)22-10-11-22/h2-9,20,22,25,32H,10-18H2,1H3,(H,28,33). The first-order chi connectivity index (χ1) is 16.5. The van der Waals surface area contributed by atoms with Crippen LogP contribution in [0.25, 0.3) is 11.0 Å². The van der Waals surface area contributed by atoms with Gasteiger partial charge in [0.1, 0.15) is 0 Å². The largest absolute Gasteiger partial charge is 0.388 e. The molecule has 0 spiro atoms. The Morgan fingerprint density at radius 1 is 1.03 bits per heavy atom. The number of rotatable bonds is 7. The number of amides is 1. The van der Waals surface area contributed by atoms with Crippen LogP contribution in [0.5, 0.6) is 0 Å². The Labute approximate surface area is 200 Å². The van der Waals surface area contributed by atoms with Crippen molar-refractivity contribution in [1.82, 2.24) is 19.4 Å². The van der Waals surface area contributed by atoms with Gasteiger partial charge in [0, 0.05) is 19.1 Å². The predicted octanol–water partition coefficient (Wildman–Crippen LogP) is 3.84. The SMILES string of the molecule is Cc1ccc(C(O)CCN2CCC(CNC(=O)n3c(=O)n(C4CC4)c4ccccc43)CC2)cc1. The number of aromatic nitrogens is 2. The van der Waals surface area contributed by atoms with Crippen LogP contribution in [0.4, 0.5) is 4.79 Å². The summed E-state index contributed by atoms with van der Waals surface area (Å²) in [6.45, 7) is 5.41. The molecule has 2 N–H and O–H groups in total. The highest BCUT2D eigenvalue weighted by molar-refractivity contribution is 5.89. The van der Waals surface area contributed by atoms with Gasteiger partial charge >= 0.3 is 11.7 Å². The Kier molecular flexibility index (Phi) is 6.57. The number of piperidine rings is 1. The number of para-hydroxylation sites is 2. The van der Waals surface area contributed by atoms with Crippen LogP contribution in [-0.2, 0) is 0 Å². The Morgan fingerprint density at radius 3 is 2.38 bits per heavy atom. The molecule has 7 heteroatoms. The van der Waals surface area contributed by atoms with Crippen molar-refractivity contribution in [2.45, 2.75) is 51.2 Å². The van der Waals surface area contributed by atoms with Crippen molar-refractivity contribution in [2.24, 2.45) is 5.92 Å². The molecule has 1 aliphatic carbocycles. The van der Waals surface area contributed by atoms with E-state index in [1.54, 1.807) is 4.57 Å². The maximum Gasteiger partial charge on any atom is 0.337 e. The number of benzene rings is 2. The van der Waals surface area contributed by atoms with Gasteiger partial charge in [-0.05, 0) is 75.7 Å². The Balaban J connectivity index is 1.12. The minimum absolute atomic E-state index is 0.223. The molecule has 0 bridgehead atoms. The molecular weight excluding hydrogens is 428 g/mol. The summed E-state index contributed by atoms with van der Waals surface area (Å²) in [5.41, 5.74) is 3.46. The van der Waals surface area contributed by atoms with Crippen LogP contribution >= 0.6 is 0 Å². The van der Waals surface area contributed by atoms with Crippen LogP contribution in [0.1, 0.15) is 55.4 Å². The topological polar surface area (TPSA) is 79.5 Å². The average molecular weight is 463 g/mol. The van der Waals surface area contributed by atoms with E-state index in [2.05, 4.69) is 10.2 Å². The molecule has 180 valence electrons. The van der Waals surface area contributed by atoms with Crippen molar-refractivity contribution in [3.05, 3.63) is 70.1 Å². The maximum atomic E-state index is 13.0. The number of fused-ring (bicyclic) bond motifs is 1. The van der Waals surface area contributed by atoms with Gasteiger partial charge in [0.15, 0.2) is 0 Å². The van der Waals surface area contributed by atoms with Gasteiger partial charge in [-0.3, -0.25) is 4.57 Å². The van der Waals surface area contributed by atoms with Gasteiger partial charge in [-0.15, -0.1) is 0 Å². The molecule has 1 amide bonds. The van der Waals surface area contributed by atoms with Gasteiger partial charge < -0.3 is 15.3 Å². The zero-order chi connectivity index (χ0) is 23.7. The second-order valence-corrected chi connectivity index (χ2v) is 9.89. The van der Waals surface area contributed by atoms with Crippen LogP contribution in [0.2, 0.25) is 0 Å². The number of aliphatic hydroxyl groups excluding tert-OH is 1. The summed E-state index contributed by atoms with van der Waals surface area (Å²) in [6.07, 6.45) is 4.28. The summed E-state index contributed by atoms with van der Waals surface area (Å²) in [5, 5.41) is 13.5. The van der Waals surface area contributed by atoms with Crippen LogP contribution in [0, 0.1) is 12.8 Å². The number of hydrogen-bond acceptors (Lipinski definition) is 4. The molecule has 1 saturated carbocycles. The van der Waals surface area contributed by atoms with E-state index in [9.17, 15) is 14.7 Å². The minimum Gasteiger partial charge on any atom is -0.388 e. The lowest BCUT2D eigenvalue weighted by atomic mass is 9.96. The van der Waals surface area contributed by atoms with Gasteiger partial charge in [0.25, 0.3) is 0 Å². The molecule has 2 aliphatic rings. The van der Waals surface area contributed by atoms with E-state index in [0.717, 1.165) is 62.8 Å². The molecule has 1 unspecified atom stereocenters. The molecule has 7 nitrogen and oxygen atoms in total. The number of imidazole rings is 1. The molecule has 5 rings (SSSR count). The highest BCUT2D eigenvalue weighted by Crippen LogP contribution is 2.36. The van der Waals surface area contributed by atoms with E-state index in [1.807, 2.05) is 55.5 Å². The summed E-state index contributed by atoms with van der Waals surface area (Å²) in [5.74, 6) is 0.398. The van der Waals surface area contributed by atoms with Crippen molar-refractivity contribution >= 4 is 17.1 Å². The van der Waals surface area contributed by atoms with Crippen LogP contribution in [-0.4, -0.2) is 51.4 Å². The third kappa shape index (κ3) is 4.81. The molecule has 1 saturated heterocycles. The van der Waals surface area contributed by atoms with Crippen LogP contribution in [0.15, 0.2) is 53.3 Å². The Morgan fingerprint density at radius 2 is 1.71 bits per heavy atom. The molecule has 34 heavy (non-hydrogen) atoms. The van der Waals surface area contributed by atoms with Crippen LogP contribution in [0.3, 0.4) is 0 Å². The van der Waals surface area contributed by atoms with Gasteiger partial charge in [0.05, 0.1) is 17.1 Å². The van der Waals surface area contributed by atoms with E-state index < -0.39 is 6.10 Å². The predicted molar refractivity (Wildman–Crippen MR) is 133 cm³/mol. The maximum absolute atomic E-state index is 13.0.